The molecule has 0 amide bonds. The van der Waals surface area contributed by atoms with Gasteiger partial charge in [0.2, 0.25) is 0 Å². The van der Waals surface area contributed by atoms with Crippen molar-refractivity contribution < 1.29 is 5.11 Å². The summed E-state index contributed by atoms with van der Waals surface area (Å²) in [7, 11) is 0. The molecular formula is C13H13BrOS. The van der Waals surface area contributed by atoms with E-state index < -0.39 is 6.10 Å². The van der Waals surface area contributed by atoms with Gasteiger partial charge in [0, 0.05) is 21.2 Å². The van der Waals surface area contributed by atoms with E-state index in [2.05, 4.69) is 35.0 Å². The molecular weight excluding hydrogens is 284 g/mol. The standard InChI is InChI=1S/C13H13BrOS/c1-9-4-2-3-5-10(9)6-12(15)13-7-11(14)8-16-13/h2-5,7-8,12,15H,6H2,1H3. The molecule has 1 aromatic heterocycles. The van der Waals surface area contributed by atoms with Crippen molar-refractivity contribution in [2.75, 3.05) is 0 Å². The van der Waals surface area contributed by atoms with Gasteiger partial charge < -0.3 is 5.11 Å². The molecule has 0 bridgehead atoms. The summed E-state index contributed by atoms with van der Waals surface area (Å²) in [5, 5.41) is 12.1. The summed E-state index contributed by atoms with van der Waals surface area (Å²) in [6, 6.07) is 10.2. The highest BCUT2D eigenvalue weighted by atomic mass is 79.9. The highest BCUT2D eigenvalue weighted by Crippen LogP contribution is 2.28. The van der Waals surface area contributed by atoms with E-state index in [1.807, 2.05) is 23.6 Å². The van der Waals surface area contributed by atoms with E-state index in [1.54, 1.807) is 11.3 Å². The fourth-order valence-corrected chi connectivity index (χ4v) is 3.08. The Bertz CT molecular complexity index is 478. The molecule has 1 aromatic carbocycles. The fraction of sp³-hybridized carbons (Fsp3) is 0.231. The van der Waals surface area contributed by atoms with Gasteiger partial charge in [-0.25, -0.2) is 0 Å². The summed E-state index contributed by atoms with van der Waals surface area (Å²) < 4.78 is 1.04. The second-order valence-electron chi connectivity index (χ2n) is 3.81. The van der Waals surface area contributed by atoms with E-state index in [0.29, 0.717) is 6.42 Å². The van der Waals surface area contributed by atoms with Crippen molar-refractivity contribution in [3.05, 3.63) is 56.2 Å². The van der Waals surface area contributed by atoms with Gasteiger partial charge in [-0.3, -0.25) is 0 Å². The van der Waals surface area contributed by atoms with Gasteiger partial charge in [-0.05, 0) is 40.0 Å². The Hall–Kier alpha value is -0.640. The summed E-state index contributed by atoms with van der Waals surface area (Å²) in [4.78, 5) is 1.01. The summed E-state index contributed by atoms with van der Waals surface area (Å²) in [6.45, 7) is 2.08. The summed E-state index contributed by atoms with van der Waals surface area (Å²) in [6.07, 6.45) is 0.275. The Morgan fingerprint density at radius 2 is 2.12 bits per heavy atom. The van der Waals surface area contributed by atoms with E-state index >= 15 is 0 Å². The quantitative estimate of drug-likeness (QED) is 0.904. The van der Waals surface area contributed by atoms with Crippen LogP contribution in [0.1, 0.15) is 22.1 Å². The zero-order valence-corrected chi connectivity index (χ0v) is 11.4. The third-order valence-corrected chi connectivity index (χ3v) is 4.39. The predicted octanol–water partition coefficient (Wildman–Crippen LogP) is 4.10. The van der Waals surface area contributed by atoms with Crippen LogP contribution in [0.3, 0.4) is 0 Å². The van der Waals surface area contributed by atoms with Crippen molar-refractivity contribution in [3.8, 4) is 0 Å². The molecule has 0 aliphatic rings. The van der Waals surface area contributed by atoms with Gasteiger partial charge in [0.05, 0.1) is 6.10 Å². The van der Waals surface area contributed by atoms with Crippen LogP contribution >= 0.6 is 27.3 Å². The average molecular weight is 297 g/mol. The lowest BCUT2D eigenvalue weighted by molar-refractivity contribution is 0.182. The van der Waals surface area contributed by atoms with Gasteiger partial charge in [-0.2, -0.15) is 0 Å². The van der Waals surface area contributed by atoms with E-state index in [1.165, 1.54) is 11.1 Å². The van der Waals surface area contributed by atoms with Crippen LogP contribution in [0.5, 0.6) is 0 Å². The Morgan fingerprint density at radius 1 is 1.38 bits per heavy atom. The predicted molar refractivity (Wildman–Crippen MR) is 71.9 cm³/mol. The van der Waals surface area contributed by atoms with Gasteiger partial charge >= 0.3 is 0 Å². The van der Waals surface area contributed by atoms with E-state index in [4.69, 9.17) is 0 Å². The first kappa shape index (κ1) is 11.8. The number of benzene rings is 1. The smallest absolute Gasteiger partial charge is 0.0922 e. The maximum atomic E-state index is 10.1. The zero-order valence-electron chi connectivity index (χ0n) is 8.98. The highest BCUT2D eigenvalue weighted by Gasteiger charge is 2.11. The van der Waals surface area contributed by atoms with Gasteiger partial charge in [0.15, 0.2) is 0 Å². The van der Waals surface area contributed by atoms with Gasteiger partial charge in [0.1, 0.15) is 0 Å². The lowest BCUT2D eigenvalue weighted by atomic mass is 10.0. The first-order valence-electron chi connectivity index (χ1n) is 5.13. The molecule has 1 atom stereocenters. The number of aliphatic hydroxyl groups excluding tert-OH is 1. The van der Waals surface area contributed by atoms with Crippen molar-refractivity contribution in [1.29, 1.82) is 0 Å². The van der Waals surface area contributed by atoms with E-state index in [-0.39, 0.29) is 0 Å². The molecule has 1 nitrogen and oxygen atoms in total. The molecule has 2 aromatic rings. The van der Waals surface area contributed by atoms with Crippen LogP contribution in [-0.4, -0.2) is 5.11 Å². The molecule has 1 heterocycles. The molecule has 0 fully saturated rings. The van der Waals surface area contributed by atoms with Crippen LogP contribution in [0.15, 0.2) is 40.2 Å². The van der Waals surface area contributed by atoms with E-state index in [9.17, 15) is 5.11 Å². The van der Waals surface area contributed by atoms with Crippen LogP contribution in [0.2, 0.25) is 0 Å². The van der Waals surface area contributed by atoms with Gasteiger partial charge in [0.25, 0.3) is 0 Å². The Balaban J connectivity index is 2.13. The largest absolute Gasteiger partial charge is 0.387 e. The molecule has 0 saturated carbocycles. The third-order valence-electron chi connectivity index (χ3n) is 2.59. The maximum Gasteiger partial charge on any atom is 0.0922 e. The topological polar surface area (TPSA) is 20.2 Å². The Kier molecular flexibility index (Phi) is 3.79. The molecule has 0 radical (unpaired) electrons. The number of rotatable bonds is 3. The first-order chi connectivity index (χ1) is 7.66. The summed E-state index contributed by atoms with van der Waals surface area (Å²) in [5.74, 6) is 0. The lowest BCUT2D eigenvalue weighted by Gasteiger charge is -2.10. The normalized spacial score (nSPS) is 12.7. The highest BCUT2D eigenvalue weighted by molar-refractivity contribution is 9.10. The van der Waals surface area contributed by atoms with Crippen molar-refractivity contribution in [2.45, 2.75) is 19.4 Å². The number of hydrogen-bond donors (Lipinski definition) is 1. The Labute approximate surface area is 108 Å². The van der Waals surface area contributed by atoms with Crippen molar-refractivity contribution in [3.63, 3.8) is 0 Å². The molecule has 3 heteroatoms. The third kappa shape index (κ3) is 2.73. The lowest BCUT2D eigenvalue weighted by Crippen LogP contribution is -2.00. The van der Waals surface area contributed by atoms with Crippen molar-refractivity contribution in [2.24, 2.45) is 0 Å². The number of hydrogen-bond acceptors (Lipinski definition) is 2. The second kappa shape index (κ2) is 5.13. The maximum absolute atomic E-state index is 10.1. The van der Waals surface area contributed by atoms with Crippen LogP contribution < -0.4 is 0 Å². The fourth-order valence-electron chi connectivity index (χ4n) is 1.65. The van der Waals surface area contributed by atoms with Crippen molar-refractivity contribution in [1.82, 2.24) is 0 Å². The molecule has 0 aliphatic carbocycles. The molecule has 1 unspecified atom stereocenters. The van der Waals surface area contributed by atoms with Crippen LogP contribution in [0.4, 0.5) is 0 Å². The molecule has 1 N–H and O–H groups in total. The number of aliphatic hydroxyl groups is 1. The van der Waals surface area contributed by atoms with E-state index in [0.717, 1.165) is 9.35 Å². The van der Waals surface area contributed by atoms with Gasteiger partial charge in [-0.15, -0.1) is 11.3 Å². The SMILES string of the molecule is Cc1ccccc1CC(O)c1cc(Br)cs1. The molecule has 0 spiro atoms. The van der Waals surface area contributed by atoms with Crippen LogP contribution in [0.25, 0.3) is 0 Å². The summed E-state index contributed by atoms with van der Waals surface area (Å²) >= 11 is 4.99. The zero-order chi connectivity index (χ0) is 11.5. The molecule has 84 valence electrons. The summed E-state index contributed by atoms with van der Waals surface area (Å²) in [5.41, 5.74) is 2.44. The monoisotopic (exact) mass is 296 g/mol. The minimum absolute atomic E-state index is 0.405. The molecule has 2 rings (SSSR count). The Morgan fingerprint density at radius 3 is 2.75 bits per heavy atom. The van der Waals surface area contributed by atoms with Crippen LogP contribution in [0, 0.1) is 6.92 Å². The number of aryl methyl sites for hydroxylation is 1. The minimum Gasteiger partial charge on any atom is -0.387 e. The van der Waals surface area contributed by atoms with Gasteiger partial charge in [-0.1, -0.05) is 24.3 Å². The van der Waals surface area contributed by atoms with Crippen LogP contribution in [-0.2, 0) is 6.42 Å². The number of halogens is 1. The molecule has 0 saturated heterocycles. The number of thiophene rings is 1. The van der Waals surface area contributed by atoms with Crippen molar-refractivity contribution >= 4 is 27.3 Å². The minimum atomic E-state index is -0.405. The average Bonchev–Trinajstić information content (AvgIpc) is 2.68. The second-order valence-corrected chi connectivity index (χ2v) is 5.67. The molecule has 16 heavy (non-hydrogen) atoms. The molecule has 0 aliphatic heterocycles. The first-order valence-corrected chi connectivity index (χ1v) is 6.80.